The van der Waals surface area contributed by atoms with Gasteiger partial charge in [-0.25, -0.2) is 30.7 Å². The highest BCUT2D eigenvalue weighted by Crippen LogP contribution is 2.28. The zero-order chi connectivity index (χ0) is 21.3. The van der Waals surface area contributed by atoms with Gasteiger partial charge in [0.1, 0.15) is 16.3 Å². The Hall–Kier alpha value is -2.73. The molecule has 0 aliphatic carbocycles. The second-order valence-corrected chi connectivity index (χ2v) is 8.04. The SMILES string of the molecule is Cn1cc2c(c1C(=O)Nc1ccnc(C(F)F)c1)/C=C\[C@H](C(F)F)CNS2(=O)=O. The Bertz CT molecular complexity index is 1070. The van der Waals surface area contributed by atoms with Gasteiger partial charge in [-0.1, -0.05) is 12.2 Å². The zero-order valence-electron chi connectivity index (χ0n) is 14.9. The highest BCUT2D eigenvalue weighted by molar-refractivity contribution is 7.89. The number of hydrogen-bond acceptors (Lipinski definition) is 4. The first kappa shape index (κ1) is 21.0. The Kier molecular flexibility index (Phi) is 5.75. The lowest BCUT2D eigenvalue weighted by atomic mass is 10.1. The van der Waals surface area contributed by atoms with Gasteiger partial charge in [-0.3, -0.25) is 9.78 Å². The fourth-order valence-electron chi connectivity index (χ4n) is 2.85. The van der Waals surface area contributed by atoms with Crippen LogP contribution in [0.3, 0.4) is 0 Å². The molecule has 12 heteroatoms. The number of nitrogens with one attached hydrogen (secondary N) is 2. The first-order valence-electron chi connectivity index (χ1n) is 8.31. The maximum atomic E-state index is 13.1. The van der Waals surface area contributed by atoms with Crippen LogP contribution in [0.5, 0.6) is 0 Å². The Balaban J connectivity index is 2.02. The van der Waals surface area contributed by atoms with Crippen molar-refractivity contribution in [2.75, 3.05) is 11.9 Å². The molecule has 2 N–H and O–H groups in total. The summed E-state index contributed by atoms with van der Waals surface area (Å²) in [7, 11) is -2.73. The van der Waals surface area contributed by atoms with Crippen LogP contribution in [-0.4, -0.2) is 36.8 Å². The normalized spacial score (nSPS) is 19.5. The fourth-order valence-corrected chi connectivity index (χ4v) is 4.17. The number of aryl methyl sites for hydroxylation is 1. The molecular formula is C17H16F4N4O3S. The van der Waals surface area contributed by atoms with Crippen LogP contribution in [0.4, 0.5) is 23.2 Å². The fraction of sp³-hybridized carbons (Fsp3) is 0.294. The van der Waals surface area contributed by atoms with Gasteiger partial charge in [0.05, 0.1) is 5.92 Å². The predicted octanol–water partition coefficient (Wildman–Crippen LogP) is 2.80. The second kappa shape index (κ2) is 7.95. The van der Waals surface area contributed by atoms with Gasteiger partial charge in [0.25, 0.3) is 12.3 Å². The van der Waals surface area contributed by atoms with Crippen molar-refractivity contribution in [3.63, 3.8) is 0 Å². The maximum absolute atomic E-state index is 13.1. The minimum absolute atomic E-state index is 0.0245. The molecule has 1 amide bonds. The number of halogens is 4. The van der Waals surface area contributed by atoms with Crippen molar-refractivity contribution in [1.29, 1.82) is 0 Å². The summed E-state index contributed by atoms with van der Waals surface area (Å²) >= 11 is 0. The molecule has 1 atom stereocenters. The van der Waals surface area contributed by atoms with Crippen molar-refractivity contribution in [1.82, 2.24) is 14.3 Å². The van der Waals surface area contributed by atoms with Gasteiger partial charge < -0.3 is 9.88 Å². The maximum Gasteiger partial charge on any atom is 0.280 e. The van der Waals surface area contributed by atoms with Crippen molar-refractivity contribution in [3.05, 3.63) is 47.6 Å². The summed E-state index contributed by atoms with van der Waals surface area (Å²) in [6.07, 6.45) is -1.08. The van der Waals surface area contributed by atoms with E-state index in [4.69, 9.17) is 0 Å². The molecule has 0 radical (unpaired) electrons. The number of nitrogens with zero attached hydrogens (tertiary/aromatic N) is 2. The van der Waals surface area contributed by atoms with Crippen molar-refractivity contribution < 1.29 is 30.8 Å². The van der Waals surface area contributed by atoms with Crippen LogP contribution in [0.25, 0.3) is 6.08 Å². The summed E-state index contributed by atoms with van der Waals surface area (Å²) in [6, 6.07) is 2.27. The molecule has 2 aromatic rings. The van der Waals surface area contributed by atoms with E-state index in [0.717, 1.165) is 24.4 Å². The third kappa shape index (κ3) is 4.32. The zero-order valence-corrected chi connectivity index (χ0v) is 15.8. The second-order valence-electron chi connectivity index (χ2n) is 6.30. The molecule has 0 saturated heterocycles. The summed E-state index contributed by atoms with van der Waals surface area (Å²) in [5, 5.41) is 2.40. The molecule has 3 rings (SSSR count). The molecule has 0 bridgehead atoms. The molecular weight excluding hydrogens is 416 g/mol. The van der Waals surface area contributed by atoms with Crippen molar-refractivity contribution in [3.8, 4) is 0 Å². The van der Waals surface area contributed by atoms with Crippen LogP contribution < -0.4 is 10.0 Å². The first-order valence-corrected chi connectivity index (χ1v) is 9.79. The highest BCUT2D eigenvalue weighted by atomic mass is 32.2. The van der Waals surface area contributed by atoms with Crippen LogP contribution in [0, 0.1) is 5.92 Å². The summed E-state index contributed by atoms with van der Waals surface area (Å²) < 4.78 is 80.0. The number of fused-ring (bicyclic) bond motifs is 1. The summed E-state index contributed by atoms with van der Waals surface area (Å²) in [5.41, 5.74) is -0.731. The van der Waals surface area contributed by atoms with Crippen LogP contribution in [0.2, 0.25) is 0 Å². The van der Waals surface area contributed by atoms with Crippen molar-refractivity contribution >= 4 is 27.7 Å². The lowest BCUT2D eigenvalue weighted by molar-refractivity contribution is 0.101. The Morgan fingerprint density at radius 3 is 2.72 bits per heavy atom. The number of carbonyl (C=O) groups excluding carboxylic acids is 1. The van der Waals surface area contributed by atoms with E-state index in [1.807, 2.05) is 0 Å². The van der Waals surface area contributed by atoms with Gasteiger partial charge in [-0.05, 0) is 12.1 Å². The van der Waals surface area contributed by atoms with Gasteiger partial charge in [0.15, 0.2) is 0 Å². The Morgan fingerprint density at radius 1 is 1.34 bits per heavy atom. The van der Waals surface area contributed by atoms with E-state index in [9.17, 15) is 30.8 Å². The number of alkyl halides is 4. The topological polar surface area (TPSA) is 93.1 Å². The number of anilines is 1. The third-order valence-corrected chi connectivity index (χ3v) is 5.75. The van der Waals surface area contributed by atoms with Crippen molar-refractivity contribution in [2.24, 2.45) is 13.0 Å². The first-order chi connectivity index (χ1) is 13.6. The third-order valence-electron chi connectivity index (χ3n) is 4.29. The molecule has 156 valence electrons. The summed E-state index contributed by atoms with van der Waals surface area (Å²) in [4.78, 5) is 16.0. The number of pyridine rings is 1. The van der Waals surface area contributed by atoms with E-state index in [1.54, 1.807) is 0 Å². The number of hydrogen-bond donors (Lipinski definition) is 2. The number of amides is 1. The molecule has 2 aromatic heterocycles. The molecule has 1 aliphatic rings. The minimum Gasteiger partial charge on any atom is -0.345 e. The molecule has 0 saturated carbocycles. The molecule has 0 fully saturated rings. The van der Waals surface area contributed by atoms with E-state index >= 15 is 0 Å². The molecule has 29 heavy (non-hydrogen) atoms. The number of sulfonamides is 1. The van der Waals surface area contributed by atoms with Crippen molar-refractivity contribution in [2.45, 2.75) is 17.7 Å². The minimum atomic E-state index is -4.14. The summed E-state index contributed by atoms with van der Waals surface area (Å²) in [5.74, 6) is -2.17. The quantitative estimate of drug-likeness (QED) is 0.727. The van der Waals surface area contributed by atoms with Crippen LogP contribution >= 0.6 is 0 Å². The lowest BCUT2D eigenvalue weighted by Crippen LogP contribution is -2.32. The van der Waals surface area contributed by atoms with Gasteiger partial charge in [0, 0.05) is 37.2 Å². The summed E-state index contributed by atoms with van der Waals surface area (Å²) in [6.45, 7) is -0.486. The van der Waals surface area contributed by atoms with E-state index < -0.39 is 46.9 Å². The van der Waals surface area contributed by atoms with Crippen LogP contribution in [0.15, 0.2) is 35.5 Å². The number of rotatable bonds is 4. The van der Waals surface area contributed by atoms with Crippen LogP contribution in [-0.2, 0) is 17.1 Å². The standard InChI is InChI=1S/C17H16F4N4O3S/c1-25-8-13-11(3-2-9(15(18)19)7-23-29(13,27)28)14(25)17(26)24-10-4-5-22-12(6-10)16(20)21/h2-6,8-9,15-16,23H,7H2,1H3,(H,22,24,26)/b3-2-/t9-/m0/s1. The Morgan fingerprint density at radius 2 is 2.07 bits per heavy atom. The lowest BCUT2D eigenvalue weighted by Gasteiger charge is -2.16. The van der Waals surface area contributed by atoms with E-state index in [2.05, 4.69) is 15.0 Å². The average Bonchev–Trinajstić information content (AvgIpc) is 2.97. The van der Waals surface area contributed by atoms with Gasteiger partial charge in [-0.2, -0.15) is 0 Å². The average molecular weight is 432 g/mol. The van der Waals surface area contributed by atoms with Crippen LogP contribution in [0.1, 0.15) is 28.2 Å². The highest BCUT2D eigenvalue weighted by Gasteiger charge is 2.30. The predicted molar refractivity (Wildman–Crippen MR) is 96.3 cm³/mol. The molecule has 1 aliphatic heterocycles. The van der Waals surface area contributed by atoms with Gasteiger partial charge >= 0.3 is 0 Å². The van der Waals surface area contributed by atoms with E-state index in [-0.39, 0.29) is 21.8 Å². The number of carbonyl (C=O) groups is 1. The van der Waals surface area contributed by atoms with Gasteiger partial charge in [0.2, 0.25) is 16.4 Å². The molecule has 0 unspecified atom stereocenters. The molecule has 7 nitrogen and oxygen atoms in total. The molecule has 0 aromatic carbocycles. The Labute approximate surface area is 163 Å². The molecule has 3 heterocycles. The van der Waals surface area contributed by atoms with Gasteiger partial charge in [-0.15, -0.1) is 0 Å². The van der Waals surface area contributed by atoms with E-state index in [0.29, 0.717) is 0 Å². The monoisotopic (exact) mass is 432 g/mol. The van der Waals surface area contributed by atoms with E-state index in [1.165, 1.54) is 23.9 Å². The largest absolute Gasteiger partial charge is 0.345 e. The molecule has 0 spiro atoms. The smallest absolute Gasteiger partial charge is 0.280 e. The number of aromatic nitrogens is 2.